The van der Waals surface area contributed by atoms with E-state index in [0.717, 1.165) is 17.7 Å². The first kappa shape index (κ1) is 13.8. The Morgan fingerprint density at radius 3 is 2.76 bits per heavy atom. The molecular weight excluding hydrogens is 288 g/mol. The van der Waals surface area contributed by atoms with Gasteiger partial charge in [-0.05, 0) is 36.4 Å². The summed E-state index contributed by atoms with van der Waals surface area (Å²) in [7, 11) is 0. The second-order valence-corrected chi connectivity index (χ2v) is 5.86. The van der Waals surface area contributed by atoms with Crippen LogP contribution in [0, 0.1) is 0 Å². The third-order valence-electron chi connectivity index (χ3n) is 3.57. The SMILES string of the molecule is O=C(O)c1cccc(C(=O)N2CCCC2c2cccs2)n1. The Balaban J connectivity index is 1.87. The molecule has 0 aromatic carbocycles. The summed E-state index contributed by atoms with van der Waals surface area (Å²) in [6.07, 6.45) is 1.89. The van der Waals surface area contributed by atoms with Crippen LogP contribution in [0.4, 0.5) is 0 Å². The van der Waals surface area contributed by atoms with Crippen LogP contribution >= 0.6 is 11.3 Å². The highest BCUT2D eigenvalue weighted by atomic mass is 32.1. The van der Waals surface area contributed by atoms with Crippen LogP contribution in [0.2, 0.25) is 0 Å². The Morgan fingerprint density at radius 2 is 2.05 bits per heavy atom. The smallest absolute Gasteiger partial charge is 0.354 e. The van der Waals surface area contributed by atoms with Crippen LogP contribution in [-0.2, 0) is 0 Å². The number of carbonyl (C=O) groups excluding carboxylic acids is 1. The number of hydrogen-bond donors (Lipinski definition) is 1. The monoisotopic (exact) mass is 302 g/mol. The summed E-state index contributed by atoms with van der Waals surface area (Å²) in [5.41, 5.74) is 0.0890. The molecule has 3 rings (SSSR count). The van der Waals surface area contributed by atoms with E-state index in [0.29, 0.717) is 6.54 Å². The normalized spacial score (nSPS) is 17.9. The zero-order valence-corrected chi connectivity index (χ0v) is 12.0. The second kappa shape index (κ2) is 5.65. The molecule has 3 heterocycles. The summed E-state index contributed by atoms with van der Waals surface area (Å²) in [5.74, 6) is -1.32. The number of aromatic nitrogens is 1. The number of pyridine rings is 1. The number of rotatable bonds is 3. The van der Waals surface area contributed by atoms with Crippen molar-refractivity contribution < 1.29 is 14.7 Å². The maximum absolute atomic E-state index is 12.6. The molecule has 0 saturated carbocycles. The Hall–Kier alpha value is -2.21. The Bertz CT molecular complexity index is 669. The molecule has 2 aromatic heterocycles. The van der Waals surface area contributed by atoms with Gasteiger partial charge in [0, 0.05) is 11.4 Å². The minimum absolute atomic E-state index is 0.0767. The van der Waals surface area contributed by atoms with Crippen molar-refractivity contribution in [2.75, 3.05) is 6.54 Å². The summed E-state index contributed by atoms with van der Waals surface area (Å²) in [6.45, 7) is 0.681. The number of nitrogens with zero attached hydrogens (tertiary/aromatic N) is 2. The van der Waals surface area contributed by atoms with Gasteiger partial charge in [0.15, 0.2) is 0 Å². The Kier molecular flexibility index (Phi) is 3.70. The second-order valence-electron chi connectivity index (χ2n) is 4.89. The highest BCUT2D eigenvalue weighted by Crippen LogP contribution is 2.35. The van der Waals surface area contributed by atoms with Crippen LogP contribution in [0.15, 0.2) is 35.7 Å². The maximum Gasteiger partial charge on any atom is 0.354 e. The molecule has 1 saturated heterocycles. The topological polar surface area (TPSA) is 70.5 Å². The van der Waals surface area contributed by atoms with E-state index < -0.39 is 5.97 Å². The minimum Gasteiger partial charge on any atom is -0.477 e. The van der Waals surface area contributed by atoms with E-state index in [4.69, 9.17) is 5.11 Å². The van der Waals surface area contributed by atoms with Crippen LogP contribution in [0.5, 0.6) is 0 Å². The fourth-order valence-electron chi connectivity index (χ4n) is 2.61. The summed E-state index contributed by atoms with van der Waals surface area (Å²) < 4.78 is 0. The summed E-state index contributed by atoms with van der Waals surface area (Å²) in [6, 6.07) is 8.60. The van der Waals surface area contributed by atoms with Crippen molar-refractivity contribution in [3.63, 3.8) is 0 Å². The molecule has 21 heavy (non-hydrogen) atoms. The number of aromatic carboxylic acids is 1. The third-order valence-corrected chi connectivity index (χ3v) is 4.55. The average Bonchev–Trinajstić information content (AvgIpc) is 3.17. The predicted octanol–water partition coefficient (Wildman–Crippen LogP) is 2.82. The Morgan fingerprint density at radius 1 is 1.24 bits per heavy atom. The van der Waals surface area contributed by atoms with E-state index in [1.165, 1.54) is 6.07 Å². The van der Waals surface area contributed by atoms with Gasteiger partial charge in [0.1, 0.15) is 11.4 Å². The molecule has 6 heteroatoms. The molecule has 1 aliphatic rings. The summed E-state index contributed by atoms with van der Waals surface area (Å²) in [4.78, 5) is 30.5. The molecule has 0 radical (unpaired) electrons. The fourth-order valence-corrected chi connectivity index (χ4v) is 3.48. The molecule has 0 aliphatic carbocycles. The molecule has 108 valence electrons. The van der Waals surface area contributed by atoms with Gasteiger partial charge in [0.05, 0.1) is 6.04 Å². The van der Waals surface area contributed by atoms with Crippen molar-refractivity contribution in [2.45, 2.75) is 18.9 Å². The van der Waals surface area contributed by atoms with E-state index in [1.54, 1.807) is 28.4 Å². The van der Waals surface area contributed by atoms with Crippen LogP contribution in [0.25, 0.3) is 0 Å². The zero-order chi connectivity index (χ0) is 14.8. The maximum atomic E-state index is 12.6. The quantitative estimate of drug-likeness (QED) is 0.946. The predicted molar refractivity (Wildman–Crippen MR) is 78.5 cm³/mol. The lowest BCUT2D eigenvalue weighted by atomic mass is 10.2. The first-order valence-electron chi connectivity index (χ1n) is 6.71. The first-order valence-corrected chi connectivity index (χ1v) is 7.59. The number of hydrogen-bond acceptors (Lipinski definition) is 4. The van der Waals surface area contributed by atoms with Crippen LogP contribution in [-0.4, -0.2) is 33.4 Å². The first-order chi connectivity index (χ1) is 10.2. The fraction of sp³-hybridized carbons (Fsp3) is 0.267. The molecule has 1 atom stereocenters. The molecule has 1 N–H and O–H groups in total. The van der Waals surface area contributed by atoms with E-state index in [1.807, 2.05) is 17.5 Å². The van der Waals surface area contributed by atoms with Gasteiger partial charge in [-0.1, -0.05) is 12.1 Å². The highest BCUT2D eigenvalue weighted by Gasteiger charge is 2.31. The van der Waals surface area contributed by atoms with Gasteiger partial charge in [-0.2, -0.15) is 0 Å². The largest absolute Gasteiger partial charge is 0.477 e. The molecule has 5 nitrogen and oxygen atoms in total. The molecular formula is C15H14N2O3S. The number of thiophene rings is 1. The van der Waals surface area contributed by atoms with Gasteiger partial charge in [-0.3, -0.25) is 4.79 Å². The highest BCUT2D eigenvalue weighted by molar-refractivity contribution is 7.10. The Labute approximate surface area is 125 Å². The lowest BCUT2D eigenvalue weighted by molar-refractivity contribution is 0.0689. The number of carboxylic acid groups (broad SMARTS) is 1. The van der Waals surface area contributed by atoms with Gasteiger partial charge in [0.25, 0.3) is 5.91 Å². The van der Waals surface area contributed by atoms with Crippen molar-refractivity contribution in [3.8, 4) is 0 Å². The average molecular weight is 302 g/mol. The zero-order valence-electron chi connectivity index (χ0n) is 11.2. The van der Waals surface area contributed by atoms with Crippen molar-refractivity contribution in [1.82, 2.24) is 9.88 Å². The van der Waals surface area contributed by atoms with Crippen LogP contribution < -0.4 is 0 Å². The van der Waals surface area contributed by atoms with Gasteiger partial charge in [0.2, 0.25) is 0 Å². The molecule has 1 unspecified atom stereocenters. The molecule has 0 spiro atoms. The van der Waals surface area contributed by atoms with E-state index in [9.17, 15) is 9.59 Å². The van der Waals surface area contributed by atoms with Gasteiger partial charge in [-0.25, -0.2) is 9.78 Å². The number of likely N-dealkylation sites (tertiary alicyclic amines) is 1. The van der Waals surface area contributed by atoms with Crippen molar-refractivity contribution >= 4 is 23.2 Å². The number of carboxylic acids is 1. The molecule has 1 fully saturated rings. The molecule has 2 aromatic rings. The van der Waals surface area contributed by atoms with Crippen LogP contribution in [0.1, 0.15) is 44.7 Å². The van der Waals surface area contributed by atoms with Crippen molar-refractivity contribution in [3.05, 3.63) is 52.0 Å². The van der Waals surface area contributed by atoms with Gasteiger partial charge >= 0.3 is 5.97 Å². The van der Waals surface area contributed by atoms with Crippen molar-refractivity contribution in [1.29, 1.82) is 0 Å². The van der Waals surface area contributed by atoms with E-state index >= 15 is 0 Å². The van der Waals surface area contributed by atoms with Gasteiger partial charge in [-0.15, -0.1) is 11.3 Å². The van der Waals surface area contributed by atoms with E-state index in [-0.39, 0.29) is 23.3 Å². The molecule has 1 aliphatic heterocycles. The van der Waals surface area contributed by atoms with Gasteiger partial charge < -0.3 is 10.0 Å². The summed E-state index contributed by atoms with van der Waals surface area (Å²) in [5, 5.41) is 11.0. The third kappa shape index (κ3) is 2.67. The molecule has 0 bridgehead atoms. The minimum atomic E-state index is -1.12. The lowest BCUT2D eigenvalue weighted by Crippen LogP contribution is -2.31. The van der Waals surface area contributed by atoms with Crippen LogP contribution in [0.3, 0.4) is 0 Å². The lowest BCUT2D eigenvalue weighted by Gasteiger charge is -2.23. The molecule has 1 amide bonds. The van der Waals surface area contributed by atoms with E-state index in [2.05, 4.69) is 4.98 Å². The number of carbonyl (C=O) groups is 2. The number of amides is 1. The standard InChI is InChI=1S/C15H14N2O3S/c18-14(10-4-1-5-11(16-10)15(19)20)17-8-2-6-12(17)13-7-3-9-21-13/h1,3-5,7,9,12H,2,6,8H2,(H,19,20). The van der Waals surface area contributed by atoms with Crippen molar-refractivity contribution in [2.24, 2.45) is 0 Å². The summed E-state index contributed by atoms with van der Waals surface area (Å²) >= 11 is 1.64.